The Balaban J connectivity index is 1.66. The number of carbonyl (C=O) groups is 1. The summed E-state index contributed by atoms with van der Waals surface area (Å²) >= 11 is 0.867. The van der Waals surface area contributed by atoms with Crippen LogP contribution in [-0.2, 0) is 23.1 Å². The molecule has 31 heavy (non-hydrogen) atoms. The molecule has 0 saturated carbocycles. The number of nitrogens with one attached hydrogen (secondary N) is 1. The minimum Gasteiger partial charge on any atom is -0.497 e. The van der Waals surface area contributed by atoms with E-state index in [0.29, 0.717) is 11.4 Å². The molecule has 0 aliphatic carbocycles. The third-order valence-electron chi connectivity index (χ3n) is 4.60. The summed E-state index contributed by atoms with van der Waals surface area (Å²) in [5.74, 6) is 0.404. The van der Waals surface area contributed by atoms with Crippen LogP contribution in [0, 0.1) is 0 Å². The number of benzene rings is 2. The molecule has 0 saturated heterocycles. The van der Waals surface area contributed by atoms with Gasteiger partial charge in [-0.25, -0.2) is 12.7 Å². The topological polar surface area (TPSA) is 97.7 Å². The van der Waals surface area contributed by atoms with Crippen LogP contribution in [0.3, 0.4) is 0 Å². The van der Waals surface area contributed by atoms with Gasteiger partial charge in [-0.1, -0.05) is 35.6 Å². The van der Waals surface area contributed by atoms with E-state index < -0.39 is 10.0 Å². The second-order valence-corrected chi connectivity index (χ2v) is 10.1. The molecule has 0 aliphatic rings. The van der Waals surface area contributed by atoms with Gasteiger partial charge in [-0.05, 0) is 35.4 Å². The van der Waals surface area contributed by atoms with Crippen LogP contribution in [0.1, 0.15) is 20.8 Å². The molecular weight excluding hydrogens is 438 g/mol. The molecule has 0 atom stereocenters. The summed E-state index contributed by atoms with van der Waals surface area (Å²) in [6.45, 7) is 0.570. The zero-order valence-corrected chi connectivity index (χ0v) is 19.0. The van der Waals surface area contributed by atoms with Crippen LogP contribution >= 0.6 is 11.3 Å². The number of sulfonamides is 1. The van der Waals surface area contributed by atoms with Crippen molar-refractivity contribution in [2.45, 2.75) is 18.0 Å². The Morgan fingerprint density at radius 3 is 2.26 bits per heavy atom. The molecule has 0 radical (unpaired) electrons. The Hall–Kier alpha value is -2.95. The molecule has 0 aliphatic heterocycles. The fourth-order valence-corrected chi connectivity index (χ4v) is 4.44. The van der Waals surface area contributed by atoms with E-state index in [1.165, 1.54) is 37.0 Å². The monoisotopic (exact) mass is 461 g/mol. The number of thiazole rings is 1. The maximum absolute atomic E-state index is 12.4. The van der Waals surface area contributed by atoms with Crippen molar-refractivity contribution in [3.8, 4) is 5.75 Å². The maximum atomic E-state index is 12.4. The Labute approximate surface area is 184 Å². The number of aromatic nitrogens is 1. The van der Waals surface area contributed by atoms with Gasteiger partial charge in [0.25, 0.3) is 5.91 Å². The lowest BCUT2D eigenvalue weighted by Gasteiger charge is -2.11. The summed E-state index contributed by atoms with van der Waals surface area (Å²) in [6, 6.07) is 13.7. The number of hydrogen-bond donors (Lipinski definition) is 1. The first-order valence-corrected chi connectivity index (χ1v) is 11.6. The second kappa shape index (κ2) is 9.46. The van der Waals surface area contributed by atoms with Crippen molar-refractivity contribution in [1.29, 1.82) is 0 Å². The van der Waals surface area contributed by atoms with E-state index in [1.54, 1.807) is 19.2 Å². The van der Waals surface area contributed by atoms with Gasteiger partial charge in [0.2, 0.25) is 10.0 Å². The van der Waals surface area contributed by atoms with Crippen molar-refractivity contribution in [3.05, 3.63) is 80.4 Å². The number of rotatable bonds is 8. The van der Waals surface area contributed by atoms with E-state index in [4.69, 9.17) is 4.74 Å². The fourth-order valence-electron chi connectivity index (χ4n) is 2.78. The van der Waals surface area contributed by atoms with Crippen molar-refractivity contribution in [3.63, 3.8) is 0 Å². The summed E-state index contributed by atoms with van der Waals surface area (Å²) in [5.41, 5.74) is 1.66. The molecule has 10 heteroatoms. The van der Waals surface area contributed by atoms with E-state index >= 15 is 0 Å². The molecule has 2 aromatic carbocycles. The van der Waals surface area contributed by atoms with E-state index in [0.717, 1.165) is 32.5 Å². The molecule has 3 aromatic rings. The molecular formula is C21H23N3O5S2. The lowest BCUT2D eigenvalue weighted by Crippen LogP contribution is -2.22. The first-order valence-electron chi connectivity index (χ1n) is 9.33. The molecule has 1 aromatic heterocycles. The van der Waals surface area contributed by atoms with Crippen molar-refractivity contribution in [2.75, 3.05) is 21.2 Å². The highest BCUT2D eigenvalue weighted by atomic mass is 32.2. The predicted molar refractivity (Wildman–Crippen MR) is 119 cm³/mol. The van der Waals surface area contributed by atoms with Crippen LogP contribution in [0.25, 0.3) is 0 Å². The molecule has 8 nitrogen and oxygen atoms in total. The summed E-state index contributed by atoms with van der Waals surface area (Å²) in [7, 11) is 1.01. The van der Waals surface area contributed by atoms with Crippen LogP contribution in [-0.4, -0.2) is 44.4 Å². The number of ether oxygens (including phenoxy) is 1. The molecule has 3 rings (SSSR count). The highest BCUT2D eigenvalue weighted by Gasteiger charge is 2.17. The fraction of sp³-hybridized carbons (Fsp3) is 0.238. The zero-order valence-electron chi connectivity index (χ0n) is 17.4. The SMILES string of the molecule is COc1ccc(CNC(=O)c2cn(Cc3ccc(S(=O)(=O)N(C)C)cc3)c(=O)s2)cc1. The highest BCUT2D eigenvalue weighted by Crippen LogP contribution is 2.15. The third kappa shape index (κ3) is 5.40. The summed E-state index contributed by atoms with van der Waals surface area (Å²) in [4.78, 5) is 24.9. The standard InChI is InChI=1S/C21H23N3O5S2/c1-23(2)31(27,28)18-10-6-16(7-11-18)13-24-14-19(30-21(24)26)20(25)22-12-15-4-8-17(29-3)9-5-15/h4-11,14H,12-13H2,1-3H3,(H,22,25). The molecule has 1 amide bonds. The number of methoxy groups -OCH3 is 1. The van der Waals surface area contributed by atoms with Gasteiger partial charge in [0, 0.05) is 26.8 Å². The molecule has 0 unspecified atom stereocenters. The van der Waals surface area contributed by atoms with Gasteiger partial charge in [0.05, 0.1) is 18.6 Å². The van der Waals surface area contributed by atoms with Gasteiger partial charge in [-0.15, -0.1) is 0 Å². The van der Waals surface area contributed by atoms with Gasteiger partial charge in [0.1, 0.15) is 10.6 Å². The summed E-state index contributed by atoms with van der Waals surface area (Å²) in [6.07, 6.45) is 1.51. The Morgan fingerprint density at radius 1 is 1.06 bits per heavy atom. The molecule has 1 N–H and O–H groups in total. The largest absolute Gasteiger partial charge is 0.497 e. The van der Waals surface area contributed by atoms with Gasteiger partial charge in [-0.3, -0.25) is 9.59 Å². The van der Waals surface area contributed by atoms with Crippen LogP contribution in [0.4, 0.5) is 0 Å². The van der Waals surface area contributed by atoms with E-state index in [2.05, 4.69) is 5.32 Å². The Morgan fingerprint density at radius 2 is 1.68 bits per heavy atom. The smallest absolute Gasteiger partial charge is 0.308 e. The van der Waals surface area contributed by atoms with Gasteiger partial charge in [0.15, 0.2) is 0 Å². The Kier molecular flexibility index (Phi) is 6.94. The number of hydrogen-bond acceptors (Lipinski definition) is 6. The first-order chi connectivity index (χ1) is 14.7. The van der Waals surface area contributed by atoms with Crippen molar-refractivity contribution < 1.29 is 17.9 Å². The van der Waals surface area contributed by atoms with E-state index in [-0.39, 0.29) is 22.2 Å². The van der Waals surface area contributed by atoms with Crippen molar-refractivity contribution in [1.82, 2.24) is 14.2 Å². The number of carbonyl (C=O) groups excluding carboxylic acids is 1. The van der Waals surface area contributed by atoms with E-state index in [1.807, 2.05) is 24.3 Å². The van der Waals surface area contributed by atoms with Gasteiger partial charge >= 0.3 is 4.87 Å². The lowest BCUT2D eigenvalue weighted by molar-refractivity contribution is 0.0954. The molecule has 164 valence electrons. The molecule has 0 spiro atoms. The predicted octanol–water partition coefficient (Wildman–Crippen LogP) is 2.15. The molecule has 1 heterocycles. The van der Waals surface area contributed by atoms with Crippen LogP contribution < -0.4 is 14.9 Å². The van der Waals surface area contributed by atoms with Crippen molar-refractivity contribution >= 4 is 27.3 Å². The van der Waals surface area contributed by atoms with Crippen LogP contribution in [0.5, 0.6) is 5.75 Å². The van der Waals surface area contributed by atoms with E-state index in [9.17, 15) is 18.0 Å². The second-order valence-electron chi connectivity index (χ2n) is 6.95. The van der Waals surface area contributed by atoms with Gasteiger partial charge in [-0.2, -0.15) is 0 Å². The Bertz CT molecular complexity index is 1210. The summed E-state index contributed by atoms with van der Waals surface area (Å²) in [5, 5.41) is 2.80. The highest BCUT2D eigenvalue weighted by molar-refractivity contribution is 7.89. The molecule has 0 bridgehead atoms. The first kappa shape index (κ1) is 22.7. The molecule has 0 fully saturated rings. The van der Waals surface area contributed by atoms with Gasteiger partial charge < -0.3 is 14.6 Å². The lowest BCUT2D eigenvalue weighted by atomic mass is 10.2. The summed E-state index contributed by atoms with van der Waals surface area (Å²) < 4.78 is 32.0. The van der Waals surface area contributed by atoms with Crippen LogP contribution in [0.15, 0.2) is 64.4 Å². The zero-order chi connectivity index (χ0) is 22.6. The average molecular weight is 462 g/mol. The average Bonchev–Trinajstić information content (AvgIpc) is 3.13. The number of nitrogens with zero attached hydrogens (tertiary/aromatic N) is 2. The number of amides is 1. The quantitative estimate of drug-likeness (QED) is 0.554. The maximum Gasteiger partial charge on any atom is 0.308 e. The van der Waals surface area contributed by atoms with Crippen LogP contribution in [0.2, 0.25) is 0 Å². The minimum atomic E-state index is -3.51. The third-order valence-corrected chi connectivity index (χ3v) is 7.34. The van der Waals surface area contributed by atoms with Crippen molar-refractivity contribution in [2.24, 2.45) is 0 Å². The minimum absolute atomic E-state index is 0.178. The normalized spacial score (nSPS) is 11.5.